The van der Waals surface area contributed by atoms with Crippen molar-refractivity contribution < 1.29 is 19.4 Å². The van der Waals surface area contributed by atoms with E-state index in [9.17, 15) is 9.59 Å². The number of nitrogens with one attached hydrogen (secondary N) is 1. The number of likely N-dealkylation sites (N-methyl/N-ethyl adjacent to an activating group) is 1. The van der Waals surface area contributed by atoms with Gasteiger partial charge in [0.2, 0.25) is 5.91 Å². The van der Waals surface area contributed by atoms with Crippen LogP contribution in [0.15, 0.2) is 18.2 Å². The molecule has 1 aromatic rings. The third-order valence-electron chi connectivity index (χ3n) is 2.91. The normalized spacial score (nSPS) is 12.0. The monoisotopic (exact) mass is 281 g/mol. The summed E-state index contributed by atoms with van der Waals surface area (Å²) >= 11 is 0. The Morgan fingerprint density at radius 3 is 2.70 bits per heavy atom. The van der Waals surface area contributed by atoms with Crippen LogP contribution in [-0.2, 0) is 9.59 Å². The van der Waals surface area contributed by atoms with Crippen LogP contribution in [0.2, 0.25) is 0 Å². The Morgan fingerprint density at radius 2 is 2.15 bits per heavy atom. The van der Waals surface area contributed by atoms with E-state index in [2.05, 4.69) is 5.32 Å². The largest absolute Gasteiger partial charge is 0.494 e. The predicted octanol–water partition coefficient (Wildman–Crippen LogP) is 0.621. The molecular formula is C13H19N3O4. The molecule has 7 heteroatoms. The molecule has 7 nitrogen and oxygen atoms in total. The Hall–Kier alpha value is -2.28. The van der Waals surface area contributed by atoms with Crippen LogP contribution in [0, 0.1) is 0 Å². The van der Waals surface area contributed by atoms with Crippen molar-refractivity contribution >= 4 is 23.3 Å². The highest BCUT2D eigenvalue weighted by Crippen LogP contribution is 2.26. The highest BCUT2D eigenvalue weighted by Gasteiger charge is 2.20. The van der Waals surface area contributed by atoms with Crippen molar-refractivity contribution in [3.05, 3.63) is 18.2 Å². The molecule has 0 saturated heterocycles. The number of benzene rings is 1. The number of hydrogen-bond donors (Lipinski definition) is 3. The number of anilines is 2. The van der Waals surface area contributed by atoms with Crippen LogP contribution < -0.4 is 15.8 Å². The minimum atomic E-state index is -0.989. The van der Waals surface area contributed by atoms with Gasteiger partial charge in [0.1, 0.15) is 5.75 Å². The standard InChI is InChI=1S/C13H19N3O4/c1-8(16(2)7-12(17)18)13(19)15-10-5-4-9(14)6-11(10)20-3/h4-6,8H,7,14H2,1-3H3,(H,15,19)(H,17,18). The van der Waals surface area contributed by atoms with Gasteiger partial charge < -0.3 is 20.9 Å². The van der Waals surface area contributed by atoms with Crippen LogP contribution in [0.4, 0.5) is 11.4 Å². The zero-order valence-electron chi connectivity index (χ0n) is 11.7. The van der Waals surface area contributed by atoms with Crippen molar-refractivity contribution in [1.82, 2.24) is 4.90 Å². The van der Waals surface area contributed by atoms with Crippen LogP contribution in [0.25, 0.3) is 0 Å². The maximum absolute atomic E-state index is 12.1. The van der Waals surface area contributed by atoms with E-state index in [-0.39, 0.29) is 12.5 Å². The molecular weight excluding hydrogens is 262 g/mol. The molecule has 1 aromatic carbocycles. The highest BCUT2D eigenvalue weighted by molar-refractivity contribution is 5.96. The Labute approximate surface area is 117 Å². The van der Waals surface area contributed by atoms with E-state index >= 15 is 0 Å². The van der Waals surface area contributed by atoms with Crippen molar-refractivity contribution in [2.24, 2.45) is 0 Å². The van der Waals surface area contributed by atoms with Crippen molar-refractivity contribution in [1.29, 1.82) is 0 Å². The molecule has 1 unspecified atom stereocenters. The summed E-state index contributed by atoms with van der Waals surface area (Å²) in [6.07, 6.45) is 0. The van der Waals surface area contributed by atoms with Crippen LogP contribution in [0.5, 0.6) is 5.75 Å². The van der Waals surface area contributed by atoms with E-state index in [1.807, 2.05) is 0 Å². The second-order valence-electron chi connectivity index (χ2n) is 4.43. The van der Waals surface area contributed by atoms with E-state index in [0.717, 1.165) is 0 Å². The molecule has 0 aromatic heterocycles. The molecule has 0 aliphatic rings. The van der Waals surface area contributed by atoms with Gasteiger partial charge in [0.25, 0.3) is 0 Å². The Kier molecular flexibility index (Phi) is 5.33. The molecule has 1 amide bonds. The number of carbonyl (C=O) groups is 2. The number of hydrogen-bond acceptors (Lipinski definition) is 5. The number of methoxy groups -OCH3 is 1. The van der Waals surface area contributed by atoms with Gasteiger partial charge >= 0.3 is 5.97 Å². The molecule has 0 bridgehead atoms. The van der Waals surface area contributed by atoms with E-state index < -0.39 is 12.0 Å². The molecule has 4 N–H and O–H groups in total. The second kappa shape index (κ2) is 6.76. The molecule has 0 heterocycles. The molecule has 110 valence electrons. The molecule has 0 saturated carbocycles. The van der Waals surface area contributed by atoms with Gasteiger partial charge in [0, 0.05) is 11.8 Å². The maximum Gasteiger partial charge on any atom is 0.317 e. The number of nitrogens with zero attached hydrogens (tertiary/aromatic N) is 1. The van der Waals surface area contributed by atoms with Crippen molar-refractivity contribution in [3.63, 3.8) is 0 Å². The minimum Gasteiger partial charge on any atom is -0.494 e. The summed E-state index contributed by atoms with van der Waals surface area (Å²) in [7, 11) is 3.04. The molecule has 0 aliphatic carbocycles. The molecule has 1 rings (SSSR count). The van der Waals surface area contributed by atoms with Crippen LogP contribution >= 0.6 is 0 Å². The average Bonchev–Trinajstić information content (AvgIpc) is 2.38. The van der Waals surface area contributed by atoms with E-state index in [1.165, 1.54) is 12.0 Å². The smallest absolute Gasteiger partial charge is 0.317 e. The first-order valence-electron chi connectivity index (χ1n) is 6.01. The van der Waals surface area contributed by atoms with Crippen molar-refractivity contribution in [2.75, 3.05) is 31.8 Å². The Balaban J connectivity index is 2.77. The minimum absolute atomic E-state index is 0.215. The summed E-state index contributed by atoms with van der Waals surface area (Å²) in [6.45, 7) is 1.41. The molecule has 1 atom stereocenters. The van der Waals surface area contributed by atoms with E-state index in [0.29, 0.717) is 17.1 Å². The van der Waals surface area contributed by atoms with Gasteiger partial charge in [-0.25, -0.2) is 0 Å². The summed E-state index contributed by atoms with van der Waals surface area (Å²) in [6, 6.07) is 4.29. The van der Waals surface area contributed by atoms with E-state index in [1.54, 1.807) is 32.2 Å². The maximum atomic E-state index is 12.1. The van der Waals surface area contributed by atoms with Crippen LogP contribution in [0.3, 0.4) is 0 Å². The number of ether oxygens (including phenoxy) is 1. The van der Waals surface area contributed by atoms with E-state index in [4.69, 9.17) is 15.6 Å². The Bertz CT molecular complexity index is 504. The lowest BCUT2D eigenvalue weighted by Crippen LogP contribution is -2.42. The summed E-state index contributed by atoms with van der Waals surface area (Å²) in [5.41, 5.74) is 6.64. The van der Waals surface area contributed by atoms with Crippen molar-refractivity contribution in [2.45, 2.75) is 13.0 Å². The van der Waals surface area contributed by atoms with Crippen molar-refractivity contribution in [3.8, 4) is 5.75 Å². The highest BCUT2D eigenvalue weighted by atomic mass is 16.5. The van der Waals surface area contributed by atoms with Gasteiger partial charge in [0.05, 0.1) is 25.4 Å². The Morgan fingerprint density at radius 1 is 1.50 bits per heavy atom. The van der Waals surface area contributed by atoms with Gasteiger partial charge in [-0.1, -0.05) is 0 Å². The summed E-state index contributed by atoms with van der Waals surface area (Å²) < 4.78 is 5.13. The topological polar surface area (TPSA) is 105 Å². The lowest BCUT2D eigenvalue weighted by molar-refractivity contribution is -0.138. The van der Waals surface area contributed by atoms with Gasteiger partial charge in [-0.15, -0.1) is 0 Å². The molecule has 0 aliphatic heterocycles. The summed E-state index contributed by atoms with van der Waals surface area (Å²) in [5.74, 6) is -0.861. The third kappa shape index (κ3) is 4.13. The number of amides is 1. The SMILES string of the molecule is COc1cc(N)ccc1NC(=O)C(C)N(C)CC(=O)O. The number of rotatable bonds is 6. The van der Waals surface area contributed by atoms with Gasteiger partial charge in [0.15, 0.2) is 0 Å². The van der Waals surface area contributed by atoms with Crippen LogP contribution in [0.1, 0.15) is 6.92 Å². The summed E-state index contributed by atoms with van der Waals surface area (Å²) in [4.78, 5) is 24.1. The molecule has 20 heavy (non-hydrogen) atoms. The van der Waals surface area contributed by atoms with Gasteiger partial charge in [-0.2, -0.15) is 0 Å². The van der Waals surface area contributed by atoms with Gasteiger partial charge in [-0.05, 0) is 26.1 Å². The zero-order chi connectivity index (χ0) is 15.3. The predicted molar refractivity (Wildman–Crippen MR) is 75.8 cm³/mol. The first kappa shape index (κ1) is 15.8. The lowest BCUT2D eigenvalue weighted by Gasteiger charge is -2.22. The fraction of sp³-hybridized carbons (Fsp3) is 0.385. The summed E-state index contributed by atoms with van der Waals surface area (Å²) in [5, 5.41) is 11.4. The number of carboxylic acids is 1. The number of carboxylic acid groups (broad SMARTS) is 1. The quantitative estimate of drug-likeness (QED) is 0.660. The molecule has 0 spiro atoms. The number of aliphatic carboxylic acids is 1. The molecule has 0 radical (unpaired) electrons. The fourth-order valence-corrected chi connectivity index (χ4v) is 1.60. The second-order valence-corrected chi connectivity index (χ2v) is 4.43. The van der Waals surface area contributed by atoms with Gasteiger partial charge in [-0.3, -0.25) is 14.5 Å². The number of nitrogen functional groups attached to an aromatic ring is 1. The molecule has 0 fully saturated rings. The van der Waals surface area contributed by atoms with Crippen LogP contribution in [-0.4, -0.2) is 48.6 Å². The third-order valence-corrected chi connectivity index (χ3v) is 2.91. The number of carbonyl (C=O) groups excluding carboxylic acids is 1. The first-order valence-corrected chi connectivity index (χ1v) is 6.01. The number of nitrogens with two attached hydrogens (primary N) is 1. The average molecular weight is 281 g/mol. The zero-order valence-corrected chi connectivity index (χ0v) is 11.7. The fourth-order valence-electron chi connectivity index (χ4n) is 1.60. The lowest BCUT2D eigenvalue weighted by atomic mass is 10.2. The first-order chi connectivity index (χ1) is 9.35.